The molecule has 0 spiro atoms. The van der Waals surface area contributed by atoms with Crippen LogP contribution >= 0.6 is 0 Å². The first-order chi connectivity index (χ1) is 13.0. The predicted octanol–water partition coefficient (Wildman–Crippen LogP) is 5.00. The Morgan fingerprint density at radius 3 is 2.15 bits per heavy atom. The Balaban J connectivity index is 2.19. The minimum absolute atomic E-state index is 0.0960. The molecular weight excluding hydrogens is 344 g/mol. The maximum absolute atomic E-state index is 11.1. The summed E-state index contributed by atoms with van der Waals surface area (Å²) in [5, 5.41) is 10.7. The van der Waals surface area contributed by atoms with E-state index in [0.717, 1.165) is 12.8 Å². The summed E-state index contributed by atoms with van der Waals surface area (Å²) in [6.45, 7) is 12.3. The van der Waals surface area contributed by atoms with E-state index in [1.807, 2.05) is 0 Å². The van der Waals surface area contributed by atoms with Crippen LogP contribution in [0.4, 0.5) is 5.69 Å². The number of nitro benzene ring substituents is 1. The van der Waals surface area contributed by atoms with Gasteiger partial charge in [0.15, 0.2) is 6.29 Å². The van der Waals surface area contributed by atoms with E-state index in [2.05, 4.69) is 20.8 Å². The second-order valence-corrected chi connectivity index (χ2v) is 7.08. The number of nitro groups is 1. The van der Waals surface area contributed by atoms with Gasteiger partial charge in [-0.05, 0) is 46.1 Å². The number of hydrogen-bond acceptors (Lipinski definition) is 4. The van der Waals surface area contributed by atoms with Crippen molar-refractivity contribution >= 4 is 12.0 Å². The van der Waals surface area contributed by atoms with E-state index < -0.39 is 4.92 Å². The van der Waals surface area contributed by atoms with Gasteiger partial charge in [0.1, 0.15) is 5.75 Å². The van der Waals surface area contributed by atoms with Crippen LogP contribution in [-0.4, -0.2) is 48.5 Å². The predicted molar refractivity (Wildman–Crippen MR) is 108 cm³/mol. The molecule has 27 heavy (non-hydrogen) atoms. The number of ether oxygens (including phenoxy) is 1. The van der Waals surface area contributed by atoms with Crippen molar-refractivity contribution in [3.8, 4) is 5.75 Å². The van der Waals surface area contributed by atoms with Gasteiger partial charge >= 0.3 is 0 Å². The van der Waals surface area contributed by atoms with Crippen molar-refractivity contribution in [1.29, 1.82) is 0 Å². The summed E-state index contributed by atoms with van der Waals surface area (Å²) in [5.74, 6) is 0.420. The number of rotatable bonds is 15. The molecule has 1 aromatic rings. The van der Waals surface area contributed by atoms with Crippen LogP contribution in [0.2, 0.25) is 0 Å². The molecule has 0 heterocycles. The van der Waals surface area contributed by atoms with Gasteiger partial charge in [0, 0.05) is 12.1 Å². The fourth-order valence-electron chi connectivity index (χ4n) is 3.46. The fraction of sp³-hybridized carbons (Fsp3) is 0.667. The molecule has 0 radical (unpaired) electrons. The summed E-state index contributed by atoms with van der Waals surface area (Å²) in [5.41, 5.74) is 0.134. The van der Waals surface area contributed by atoms with Crippen LogP contribution in [0.3, 0.4) is 0 Å². The number of nitrogens with zero attached hydrogens (tertiary/aromatic N) is 2. The van der Waals surface area contributed by atoms with Gasteiger partial charge in [-0.15, -0.1) is 0 Å². The zero-order chi connectivity index (χ0) is 20.1. The lowest BCUT2D eigenvalue weighted by atomic mass is 10.1. The third-order valence-electron chi connectivity index (χ3n) is 5.63. The SMILES string of the molecule is CC[N+](CC)(CC)CCCCCCCCOc1ccc([N+](=O)[O-])cc1C=O. The van der Waals surface area contributed by atoms with E-state index in [-0.39, 0.29) is 11.3 Å². The minimum atomic E-state index is -0.513. The van der Waals surface area contributed by atoms with Crippen LogP contribution in [0.1, 0.15) is 69.7 Å². The molecule has 0 unspecified atom stereocenters. The monoisotopic (exact) mass is 379 g/mol. The summed E-state index contributed by atoms with van der Waals surface area (Å²) in [7, 11) is 0. The maximum atomic E-state index is 11.1. The lowest BCUT2D eigenvalue weighted by Crippen LogP contribution is -2.48. The first kappa shape index (κ1) is 23.1. The van der Waals surface area contributed by atoms with Gasteiger partial charge in [-0.1, -0.05) is 19.3 Å². The second kappa shape index (κ2) is 12.4. The summed E-state index contributed by atoms with van der Waals surface area (Å²) >= 11 is 0. The first-order valence-corrected chi connectivity index (χ1v) is 10.2. The van der Waals surface area contributed by atoms with Crippen molar-refractivity contribution in [2.45, 2.75) is 59.3 Å². The van der Waals surface area contributed by atoms with Gasteiger partial charge in [-0.3, -0.25) is 14.9 Å². The highest BCUT2D eigenvalue weighted by Gasteiger charge is 2.19. The lowest BCUT2D eigenvalue weighted by Gasteiger charge is -2.35. The number of aldehydes is 1. The van der Waals surface area contributed by atoms with Crippen molar-refractivity contribution in [3.63, 3.8) is 0 Å². The summed E-state index contributed by atoms with van der Waals surface area (Å²) in [4.78, 5) is 21.3. The quantitative estimate of drug-likeness (QED) is 0.141. The molecule has 0 saturated heterocycles. The standard InChI is InChI=1S/C21H35N2O4/c1-4-23(5-2,6-3)15-11-9-7-8-10-12-16-27-21-14-13-20(22(25)26)17-19(21)18-24/h13-14,17-18H,4-12,15-16H2,1-3H3/q+1. The number of non-ortho nitro benzene ring substituents is 1. The van der Waals surface area contributed by atoms with E-state index in [0.29, 0.717) is 18.6 Å². The molecule has 152 valence electrons. The summed E-state index contributed by atoms with van der Waals surface area (Å²) in [6.07, 6.45) is 7.62. The average Bonchev–Trinajstić information content (AvgIpc) is 2.70. The molecule has 0 aromatic heterocycles. The van der Waals surface area contributed by atoms with Crippen LogP contribution < -0.4 is 4.74 Å². The number of hydrogen-bond donors (Lipinski definition) is 0. The summed E-state index contributed by atoms with van der Waals surface area (Å²) in [6, 6.07) is 4.12. The van der Waals surface area contributed by atoms with Gasteiger partial charge in [0.25, 0.3) is 5.69 Å². The molecule has 6 heteroatoms. The Bertz CT molecular complexity index is 577. The largest absolute Gasteiger partial charge is 0.493 e. The van der Waals surface area contributed by atoms with Crippen molar-refractivity contribution in [3.05, 3.63) is 33.9 Å². The van der Waals surface area contributed by atoms with Gasteiger partial charge in [-0.25, -0.2) is 0 Å². The first-order valence-electron chi connectivity index (χ1n) is 10.2. The van der Waals surface area contributed by atoms with Crippen molar-refractivity contribution in [2.24, 2.45) is 0 Å². The van der Waals surface area contributed by atoms with E-state index in [1.54, 1.807) is 0 Å². The Hall–Kier alpha value is -1.95. The number of unbranched alkanes of at least 4 members (excludes halogenated alkanes) is 5. The molecule has 0 saturated carbocycles. The average molecular weight is 380 g/mol. The maximum Gasteiger partial charge on any atom is 0.270 e. The molecule has 0 aliphatic rings. The molecule has 0 aliphatic carbocycles. The smallest absolute Gasteiger partial charge is 0.270 e. The molecule has 6 nitrogen and oxygen atoms in total. The number of benzene rings is 1. The third kappa shape index (κ3) is 7.67. The Morgan fingerprint density at radius 2 is 1.59 bits per heavy atom. The highest BCUT2D eigenvalue weighted by atomic mass is 16.6. The fourth-order valence-corrected chi connectivity index (χ4v) is 3.46. The Kier molecular flexibility index (Phi) is 10.6. The molecule has 1 aromatic carbocycles. The second-order valence-electron chi connectivity index (χ2n) is 7.08. The van der Waals surface area contributed by atoms with Crippen LogP contribution in [0.25, 0.3) is 0 Å². The topological polar surface area (TPSA) is 69.4 Å². The molecule has 0 aliphatic heterocycles. The van der Waals surface area contributed by atoms with Gasteiger partial charge in [-0.2, -0.15) is 0 Å². The van der Waals surface area contributed by atoms with Crippen LogP contribution in [0.5, 0.6) is 5.75 Å². The molecular formula is C21H35N2O4+. The van der Waals surface area contributed by atoms with E-state index in [1.165, 1.54) is 74.5 Å². The molecule has 0 fully saturated rings. The molecule has 0 N–H and O–H groups in total. The third-order valence-corrected chi connectivity index (χ3v) is 5.63. The van der Waals surface area contributed by atoms with Gasteiger partial charge < -0.3 is 9.22 Å². The van der Waals surface area contributed by atoms with Gasteiger partial charge in [0.05, 0.1) is 43.3 Å². The van der Waals surface area contributed by atoms with Crippen LogP contribution in [0.15, 0.2) is 18.2 Å². The van der Waals surface area contributed by atoms with E-state index in [9.17, 15) is 14.9 Å². The highest BCUT2D eigenvalue weighted by Crippen LogP contribution is 2.23. The van der Waals surface area contributed by atoms with Gasteiger partial charge in [0.2, 0.25) is 0 Å². The van der Waals surface area contributed by atoms with Crippen LogP contribution in [-0.2, 0) is 0 Å². The van der Waals surface area contributed by atoms with Crippen molar-refractivity contribution in [2.75, 3.05) is 32.8 Å². The minimum Gasteiger partial charge on any atom is -0.493 e. The zero-order valence-electron chi connectivity index (χ0n) is 17.1. The normalized spacial score (nSPS) is 11.4. The number of quaternary nitrogens is 1. The Labute approximate surface area is 163 Å². The van der Waals surface area contributed by atoms with Crippen molar-refractivity contribution < 1.29 is 18.9 Å². The molecule has 0 atom stereocenters. The Morgan fingerprint density at radius 1 is 1.00 bits per heavy atom. The van der Waals surface area contributed by atoms with E-state index >= 15 is 0 Å². The van der Waals surface area contributed by atoms with Crippen LogP contribution in [0, 0.1) is 10.1 Å². The number of carbonyl (C=O) groups is 1. The van der Waals surface area contributed by atoms with E-state index in [4.69, 9.17) is 4.74 Å². The highest BCUT2D eigenvalue weighted by molar-refractivity contribution is 5.80. The summed E-state index contributed by atoms with van der Waals surface area (Å²) < 4.78 is 6.85. The lowest BCUT2D eigenvalue weighted by molar-refractivity contribution is -0.923. The molecule has 0 bridgehead atoms. The van der Waals surface area contributed by atoms with Crippen molar-refractivity contribution in [1.82, 2.24) is 0 Å². The number of carbonyl (C=O) groups excluding carboxylic acids is 1. The zero-order valence-corrected chi connectivity index (χ0v) is 17.1. The molecule has 1 rings (SSSR count). The molecule has 0 amide bonds.